The quantitative estimate of drug-likeness (QED) is 0.648. The molecule has 2 aromatic rings. The Hall–Kier alpha value is -2.69. The van der Waals surface area contributed by atoms with E-state index in [-0.39, 0.29) is 18.3 Å². The highest BCUT2D eigenvalue weighted by atomic mass is 19.1. The number of ether oxygens (including phenoxy) is 1. The number of hydrogen-bond acceptors (Lipinski definition) is 3. The molecule has 0 spiro atoms. The number of rotatable bonds is 6. The zero-order chi connectivity index (χ0) is 17.5. The Bertz CT molecular complexity index is 740. The van der Waals surface area contributed by atoms with E-state index in [9.17, 15) is 9.18 Å². The number of aryl methyl sites for hydroxylation is 2. The van der Waals surface area contributed by atoms with E-state index in [0.717, 1.165) is 16.7 Å². The molecule has 0 heterocycles. The van der Waals surface area contributed by atoms with E-state index in [1.807, 2.05) is 39.0 Å². The average molecular weight is 328 g/mol. The third kappa shape index (κ3) is 4.91. The molecule has 126 valence electrons. The highest BCUT2D eigenvalue weighted by molar-refractivity contribution is 6.00. The SMILES string of the molecule is CC/C(=N\NC(=O)COc1cc(C)ccc1C)c1ccc(F)cc1. The number of carbonyl (C=O) groups excluding carboxylic acids is 1. The van der Waals surface area contributed by atoms with Gasteiger partial charge >= 0.3 is 0 Å². The van der Waals surface area contributed by atoms with Crippen LogP contribution >= 0.6 is 0 Å². The molecule has 0 atom stereocenters. The van der Waals surface area contributed by atoms with Gasteiger partial charge in [-0.05, 0) is 55.2 Å². The number of carbonyl (C=O) groups is 1. The molecule has 5 heteroatoms. The van der Waals surface area contributed by atoms with Crippen molar-refractivity contribution in [2.24, 2.45) is 5.10 Å². The summed E-state index contributed by atoms with van der Waals surface area (Å²) >= 11 is 0. The first-order valence-corrected chi connectivity index (χ1v) is 7.81. The van der Waals surface area contributed by atoms with E-state index in [4.69, 9.17) is 4.74 Å². The molecule has 0 bridgehead atoms. The number of amides is 1. The number of hydrogen-bond donors (Lipinski definition) is 1. The lowest BCUT2D eigenvalue weighted by molar-refractivity contribution is -0.123. The molecule has 1 amide bonds. The van der Waals surface area contributed by atoms with Crippen molar-refractivity contribution in [2.45, 2.75) is 27.2 Å². The van der Waals surface area contributed by atoms with Crippen LogP contribution in [0, 0.1) is 19.7 Å². The van der Waals surface area contributed by atoms with Gasteiger partial charge in [-0.3, -0.25) is 4.79 Å². The first kappa shape index (κ1) is 17.7. The van der Waals surface area contributed by atoms with Crippen LogP contribution in [0.1, 0.15) is 30.0 Å². The summed E-state index contributed by atoms with van der Waals surface area (Å²) in [6.07, 6.45) is 0.615. The third-order valence-electron chi connectivity index (χ3n) is 3.53. The molecule has 0 unspecified atom stereocenters. The predicted molar refractivity (Wildman–Crippen MR) is 92.8 cm³/mol. The van der Waals surface area contributed by atoms with Crippen LogP contribution in [0.4, 0.5) is 4.39 Å². The minimum Gasteiger partial charge on any atom is -0.483 e. The zero-order valence-electron chi connectivity index (χ0n) is 14.1. The van der Waals surface area contributed by atoms with Crippen LogP contribution in [0.15, 0.2) is 47.6 Å². The van der Waals surface area contributed by atoms with Crippen LogP contribution in [0.25, 0.3) is 0 Å². The zero-order valence-corrected chi connectivity index (χ0v) is 14.1. The first-order chi connectivity index (χ1) is 11.5. The number of halogens is 1. The molecule has 0 saturated heterocycles. The molecule has 0 aliphatic rings. The lowest BCUT2D eigenvalue weighted by Gasteiger charge is -2.09. The summed E-state index contributed by atoms with van der Waals surface area (Å²) in [5.74, 6) is 0.0347. The highest BCUT2D eigenvalue weighted by Gasteiger charge is 2.06. The molecule has 2 aromatic carbocycles. The van der Waals surface area contributed by atoms with Gasteiger partial charge in [0.15, 0.2) is 6.61 Å². The Morgan fingerprint density at radius 2 is 1.88 bits per heavy atom. The van der Waals surface area contributed by atoms with Crippen molar-refractivity contribution < 1.29 is 13.9 Å². The smallest absolute Gasteiger partial charge is 0.277 e. The predicted octanol–water partition coefficient (Wildman–Crippen LogP) is 3.75. The third-order valence-corrected chi connectivity index (χ3v) is 3.53. The van der Waals surface area contributed by atoms with Crippen LogP contribution in [-0.2, 0) is 4.79 Å². The molecular formula is C19H21FN2O2. The minimum atomic E-state index is -0.344. The second kappa shape index (κ2) is 8.24. The Morgan fingerprint density at radius 3 is 2.54 bits per heavy atom. The Kier molecular flexibility index (Phi) is 6.07. The Balaban J connectivity index is 1.95. The first-order valence-electron chi connectivity index (χ1n) is 7.81. The van der Waals surface area contributed by atoms with Crippen molar-refractivity contribution in [3.63, 3.8) is 0 Å². The van der Waals surface area contributed by atoms with E-state index in [0.29, 0.717) is 17.9 Å². The monoisotopic (exact) mass is 328 g/mol. The lowest BCUT2D eigenvalue weighted by Crippen LogP contribution is -2.26. The highest BCUT2D eigenvalue weighted by Crippen LogP contribution is 2.18. The van der Waals surface area contributed by atoms with Gasteiger partial charge in [-0.15, -0.1) is 0 Å². The maximum atomic E-state index is 13.0. The Labute approximate surface area is 141 Å². The summed E-state index contributed by atoms with van der Waals surface area (Å²) in [5, 5.41) is 4.11. The van der Waals surface area contributed by atoms with E-state index in [2.05, 4.69) is 10.5 Å². The molecule has 0 fully saturated rings. The van der Waals surface area contributed by atoms with Crippen LogP contribution in [-0.4, -0.2) is 18.2 Å². The summed E-state index contributed by atoms with van der Waals surface area (Å²) < 4.78 is 18.5. The fraction of sp³-hybridized carbons (Fsp3) is 0.263. The molecule has 0 aliphatic heterocycles. The summed E-state index contributed by atoms with van der Waals surface area (Å²) in [4.78, 5) is 11.9. The van der Waals surface area contributed by atoms with Crippen molar-refractivity contribution in [3.05, 3.63) is 65.0 Å². The minimum absolute atomic E-state index is 0.117. The van der Waals surface area contributed by atoms with Crippen LogP contribution in [0.3, 0.4) is 0 Å². The number of benzene rings is 2. The van der Waals surface area contributed by atoms with Gasteiger partial charge in [-0.25, -0.2) is 9.82 Å². The molecule has 0 aromatic heterocycles. The van der Waals surface area contributed by atoms with Crippen LogP contribution in [0.5, 0.6) is 5.75 Å². The largest absolute Gasteiger partial charge is 0.483 e. The standard InChI is InChI=1S/C19H21FN2O2/c1-4-17(15-7-9-16(20)10-8-15)21-22-19(23)12-24-18-11-13(2)5-6-14(18)3/h5-11H,4,12H2,1-3H3,(H,22,23)/b21-17+. The van der Waals surface area contributed by atoms with Gasteiger partial charge in [0.2, 0.25) is 0 Å². The van der Waals surface area contributed by atoms with Crippen molar-refractivity contribution in [1.29, 1.82) is 0 Å². The molecule has 0 aliphatic carbocycles. The fourth-order valence-corrected chi connectivity index (χ4v) is 2.16. The molecule has 4 nitrogen and oxygen atoms in total. The van der Waals surface area contributed by atoms with E-state index >= 15 is 0 Å². The maximum absolute atomic E-state index is 13.0. The molecule has 2 rings (SSSR count). The van der Waals surface area contributed by atoms with Gasteiger partial charge in [0.25, 0.3) is 5.91 Å². The van der Waals surface area contributed by atoms with Crippen molar-refractivity contribution in [3.8, 4) is 5.75 Å². The second-order valence-corrected chi connectivity index (χ2v) is 5.51. The van der Waals surface area contributed by atoms with Gasteiger partial charge in [0.05, 0.1) is 5.71 Å². The van der Waals surface area contributed by atoms with Crippen molar-refractivity contribution in [1.82, 2.24) is 5.43 Å². The number of nitrogens with zero attached hydrogens (tertiary/aromatic N) is 1. The fourth-order valence-electron chi connectivity index (χ4n) is 2.16. The van der Waals surface area contributed by atoms with Crippen LogP contribution in [0.2, 0.25) is 0 Å². The van der Waals surface area contributed by atoms with Crippen molar-refractivity contribution in [2.75, 3.05) is 6.61 Å². The maximum Gasteiger partial charge on any atom is 0.277 e. The normalized spacial score (nSPS) is 11.2. The van der Waals surface area contributed by atoms with E-state index in [1.54, 1.807) is 12.1 Å². The van der Waals surface area contributed by atoms with E-state index < -0.39 is 0 Å². The lowest BCUT2D eigenvalue weighted by atomic mass is 10.1. The number of nitrogens with one attached hydrogen (secondary N) is 1. The van der Waals surface area contributed by atoms with Gasteiger partial charge in [-0.1, -0.05) is 31.2 Å². The van der Waals surface area contributed by atoms with Crippen LogP contribution < -0.4 is 10.2 Å². The molecule has 0 radical (unpaired) electrons. The molecule has 24 heavy (non-hydrogen) atoms. The van der Waals surface area contributed by atoms with Crippen molar-refractivity contribution >= 4 is 11.6 Å². The van der Waals surface area contributed by atoms with Gasteiger partial charge < -0.3 is 4.74 Å². The molecule has 0 saturated carbocycles. The van der Waals surface area contributed by atoms with Gasteiger partial charge in [-0.2, -0.15) is 5.10 Å². The van der Waals surface area contributed by atoms with Gasteiger partial charge in [0, 0.05) is 0 Å². The summed E-state index contributed by atoms with van der Waals surface area (Å²) in [5.41, 5.74) is 5.97. The van der Waals surface area contributed by atoms with Gasteiger partial charge in [0.1, 0.15) is 11.6 Å². The second-order valence-electron chi connectivity index (χ2n) is 5.51. The molecular weight excluding hydrogens is 307 g/mol. The molecule has 1 N–H and O–H groups in total. The Morgan fingerprint density at radius 1 is 1.17 bits per heavy atom. The van der Waals surface area contributed by atoms with E-state index in [1.165, 1.54) is 12.1 Å². The average Bonchev–Trinajstić information content (AvgIpc) is 2.57. The number of hydrazone groups is 1. The topological polar surface area (TPSA) is 50.7 Å². The summed E-state index contributed by atoms with van der Waals surface area (Å²) in [7, 11) is 0. The summed E-state index contributed by atoms with van der Waals surface area (Å²) in [6, 6.07) is 11.8. The summed E-state index contributed by atoms with van der Waals surface area (Å²) in [6.45, 7) is 5.69.